The maximum Gasteiger partial charge on any atom is 0.344 e. The van der Waals surface area contributed by atoms with E-state index in [0.717, 1.165) is 20.5 Å². The summed E-state index contributed by atoms with van der Waals surface area (Å²) in [6.45, 7) is 0. The van der Waals surface area contributed by atoms with Crippen LogP contribution >= 0.6 is 33.9 Å². The van der Waals surface area contributed by atoms with Gasteiger partial charge in [-0.2, -0.15) is 5.10 Å². The van der Waals surface area contributed by atoms with Gasteiger partial charge in [-0.15, -0.1) is 10.2 Å². The first-order chi connectivity index (χ1) is 17.0. The molecule has 35 heavy (non-hydrogen) atoms. The Morgan fingerprint density at radius 2 is 1.60 bits per heavy atom. The normalized spacial score (nSPS) is 10.7. The number of nitrogens with zero attached hydrogens (tertiary/aromatic N) is 3. The van der Waals surface area contributed by atoms with Crippen molar-refractivity contribution in [1.29, 1.82) is 0 Å². The van der Waals surface area contributed by atoms with Gasteiger partial charge < -0.3 is 4.74 Å². The summed E-state index contributed by atoms with van der Waals surface area (Å²) in [6, 6.07) is 23.0. The van der Waals surface area contributed by atoms with Crippen LogP contribution in [0.2, 0.25) is 0 Å². The van der Waals surface area contributed by atoms with Crippen molar-refractivity contribution in [2.45, 2.75) is 0 Å². The van der Waals surface area contributed by atoms with Crippen molar-refractivity contribution >= 4 is 63.1 Å². The molecule has 0 fully saturated rings. The topological polar surface area (TPSA) is 123 Å². The lowest BCUT2D eigenvalue weighted by Crippen LogP contribution is -2.32. The number of amides is 2. The molecule has 11 heteroatoms. The maximum absolute atomic E-state index is 12.3. The molecule has 0 aliphatic rings. The third-order valence-electron chi connectivity index (χ3n) is 4.44. The molecule has 0 saturated heterocycles. The van der Waals surface area contributed by atoms with E-state index in [-0.39, 0.29) is 5.13 Å². The lowest BCUT2D eigenvalue weighted by molar-refractivity contribution is -0.136. The minimum Gasteiger partial charge on any atom is -0.423 e. The molecule has 0 spiro atoms. The van der Waals surface area contributed by atoms with Crippen LogP contribution in [0.3, 0.4) is 0 Å². The zero-order valence-electron chi connectivity index (χ0n) is 17.8. The number of esters is 1. The Hall–Kier alpha value is -3.97. The number of carbonyl (C=O) groups excluding carboxylic acids is 3. The smallest absolute Gasteiger partial charge is 0.344 e. The van der Waals surface area contributed by atoms with Gasteiger partial charge in [0, 0.05) is 9.13 Å². The van der Waals surface area contributed by atoms with E-state index in [9.17, 15) is 14.4 Å². The van der Waals surface area contributed by atoms with Gasteiger partial charge in [-0.1, -0.05) is 53.8 Å². The number of hydrogen-bond donors (Lipinski definition) is 2. The number of hydrazone groups is 1. The summed E-state index contributed by atoms with van der Waals surface area (Å²) < 4.78 is 6.17. The van der Waals surface area contributed by atoms with Gasteiger partial charge >= 0.3 is 17.8 Å². The lowest BCUT2D eigenvalue weighted by atomic mass is 10.2. The second-order valence-corrected chi connectivity index (χ2v) is 9.01. The van der Waals surface area contributed by atoms with Crippen LogP contribution in [-0.2, 0) is 9.59 Å². The van der Waals surface area contributed by atoms with Crippen LogP contribution < -0.4 is 15.5 Å². The molecule has 2 N–H and O–H groups in total. The van der Waals surface area contributed by atoms with Crippen LogP contribution in [0.1, 0.15) is 15.9 Å². The highest BCUT2D eigenvalue weighted by Gasteiger charge is 2.16. The third kappa shape index (κ3) is 6.55. The van der Waals surface area contributed by atoms with Gasteiger partial charge in [0.2, 0.25) is 5.13 Å². The average molecular weight is 597 g/mol. The molecule has 4 aromatic rings. The van der Waals surface area contributed by atoms with Crippen LogP contribution in [-0.4, -0.2) is 34.2 Å². The number of halogens is 1. The van der Waals surface area contributed by atoms with E-state index < -0.39 is 17.8 Å². The highest BCUT2D eigenvalue weighted by atomic mass is 127. The molecule has 1 heterocycles. The van der Waals surface area contributed by atoms with Crippen LogP contribution in [0.5, 0.6) is 5.75 Å². The second-order valence-electron chi connectivity index (χ2n) is 6.87. The number of aromatic nitrogens is 2. The van der Waals surface area contributed by atoms with Gasteiger partial charge in [-0.25, -0.2) is 10.2 Å². The molecule has 0 saturated carbocycles. The number of carbonyl (C=O) groups is 3. The Kier molecular flexibility index (Phi) is 7.90. The van der Waals surface area contributed by atoms with Gasteiger partial charge in [-0.3, -0.25) is 14.9 Å². The van der Waals surface area contributed by atoms with Crippen molar-refractivity contribution in [3.05, 3.63) is 93.6 Å². The molecule has 2 amide bonds. The van der Waals surface area contributed by atoms with Gasteiger partial charge in [-0.05, 0) is 64.6 Å². The first-order valence-corrected chi connectivity index (χ1v) is 12.0. The fourth-order valence-corrected chi connectivity index (χ4v) is 4.10. The Morgan fingerprint density at radius 3 is 2.34 bits per heavy atom. The summed E-state index contributed by atoms with van der Waals surface area (Å²) in [5.41, 5.74) is 4.11. The monoisotopic (exact) mass is 597 g/mol. The molecular weight excluding hydrogens is 581 g/mol. The Balaban J connectivity index is 1.27. The Bertz CT molecular complexity index is 1390. The predicted molar refractivity (Wildman–Crippen MR) is 140 cm³/mol. The summed E-state index contributed by atoms with van der Waals surface area (Å²) in [5.74, 6) is -1.97. The molecule has 0 bridgehead atoms. The second kappa shape index (κ2) is 11.4. The fourth-order valence-electron chi connectivity index (χ4n) is 2.75. The fraction of sp³-hybridized carbons (Fsp3) is 0. The van der Waals surface area contributed by atoms with E-state index in [1.54, 1.807) is 36.4 Å². The molecular formula is C24H16IN5O4S. The molecule has 4 rings (SSSR count). The summed E-state index contributed by atoms with van der Waals surface area (Å²) >= 11 is 3.22. The Morgan fingerprint density at radius 1 is 0.886 bits per heavy atom. The highest BCUT2D eigenvalue weighted by molar-refractivity contribution is 14.1. The molecule has 174 valence electrons. The quantitative estimate of drug-likeness (QED) is 0.0862. The van der Waals surface area contributed by atoms with Gasteiger partial charge in [0.05, 0.1) is 11.8 Å². The zero-order chi connectivity index (χ0) is 24.6. The van der Waals surface area contributed by atoms with Crippen molar-refractivity contribution in [3.8, 4) is 16.3 Å². The molecule has 0 aliphatic carbocycles. The average Bonchev–Trinajstić information content (AvgIpc) is 3.34. The maximum atomic E-state index is 12.3. The molecule has 9 nitrogen and oxygen atoms in total. The van der Waals surface area contributed by atoms with E-state index in [1.165, 1.54) is 6.21 Å². The number of rotatable bonds is 6. The SMILES string of the molecule is O=C(N/N=C\c1ccc(OC(=O)c2ccccc2I)cc1)C(=O)Nc1nnc(-c2ccccc2)s1. The molecule has 0 radical (unpaired) electrons. The number of nitrogens with one attached hydrogen (secondary N) is 2. The first-order valence-electron chi connectivity index (χ1n) is 10.1. The van der Waals surface area contributed by atoms with E-state index >= 15 is 0 Å². The summed E-state index contributed by atoms with van der Waals surface area (Å²) in [4.78, 5) is 36.4. The van der Waals surface area contributed by atoms with Crippen molar-refractivity contribution in [2.75, 3.05) is 5.32 Å². The lowest BCUT2D eigenvalue weighted by Gasteiger charge is -2.06. The molecule has 0 atom stereocenters. The number of hydrogen-bond acceptors (Lipinski definition) is 8. The van der Waals surface area contributed by atoms with Crippen LogP contribution in [0.25, 0.3) is 10.6 Å². The number of benzene rings is 3. The van der Waals surface area contributed by atoms with Gasteiger partial charge in [0.15, 0.2) is 0 Å². The van der Waals surface area contributed by atoms with Gasteiger partial charge in [0.25, 0.3) is 0 Å². The number of anilines is 1. The van der Waals surface area contributed by atoms with Crippen molar-refractivity contribution in [3.63, 3.8) is 0 Å². The number of ether oxygens (including phenoxy) is 1. The third-order valence-corrected chi connectivity index (χ3v) is 6.27. The van der Waals surface area contributed by atoms with E-state index in [2.05, 4.69) is 48.6 Å². The minimum absolute atomic E-state index is 0.198. The van der Waals surface area contributed by atoms with Crippen molar-refractivity contribution in [2.24, 2.45) is 5.10 Å². The predicted octanol–water partition coefficient (Wildman–Crippen LogP) is 4.12. The first kappa shape index (κ1) is 24.2. The Labute approximate surface area is 217 Å². The summed E-state index contributed by atoms with van der Waals surface area (Å²) in [5, 5.41) is 14.9. The summed E-state index contributed by atoms with van der Waals surface area (Å²) in [7, 11) is 0. The van der Waals surface area contributed by atoms with E-state index in [4.69, 9.17) is 4.74 Å². The molecule has 3 aromatic carbocycles. The van der Waals surface area contributed by atoms with Crippen LogP contribution in [0.15, 0.2) is 84.0 Å². The minimum atomic E-state index is -0.958. The molecule has 0 unspecified atom stereocenters. The van der Waals surface area contributed by atoms with Crippen molar-refractivity contribution < 1.29 is 19.1 Å². The van der Waals surface area contributed by atoms with Crippen molar-refractivity contribution in [1.82, 2.24) is 15.6 Å². The molecule has 1 aromatic heterocycles. The zero-order valence-corrected chi connectivity index (χ0v) is 20.8. The molecule has 0 aliphatic heterocycles. The van der Waals surface area contributed by atoms with E-state index in [0.29, 0.717) is 21.9 Å². The highest BCUT2D eigenvalue weighted by Crippen LogP contribution is 2.25. The van der Waals surface area contributed by atoms with Gasteiger partial charge in [0.1, 0.15) is 10.8 Å². The largest absolute Gasteiger partial charge is 0.423 e. The summed E-state index contributed by atoms with van der Waals surface area (Å²) in [6.07, 6.45) is 1.36. The van der Waals surface area contributed by atoms with Crippen LogP contribution in [0, 0.1) is 3.57 Å². The van der Waals surface area contributed by atoms with Crippen LogP contribution in [0.4, 0.5) is 5.13 Å². The van der Waals surface area contributed by atoms with E-state index in [1.807, 2.05) is 42.5 Å². The standard InChI is InChI=1S/C24H16IN5O4S/c25-19-9-5-4-8-18(19)23(33)34-17-12-10-15(11-13-17)14-26-28-21(32)20(31)27-24-30-29-22(35-24)16-6-2-1-3-7-16/h1-14H,(H,28,32)(H,27,30,31)/b26-14-.